The highest BCUT2D eigenvalue weighted by atomic mass is 31.1. The fraction of sp³-hybridized carbons (Fsp3) is 0.625. The van der Waals surface area contributed by atoms with Crippen molar-refractivity contribution in [2.24, 2.45) is 0 Å². The van der Waals surface area contributed by atoms with Gasteiger partial charge in [0.25, 0.3) is 0 Å². The molecule has 0 spiro atoms. The largest absolute Gasteiger partial charge is 0.673 e. The lowest BCUT2D eigenvalue weighted by atomic mass is 10.2. The zero-order valence-electron chi connectivity index (χ0n) is 15.0. The Morgan fingerprint density at radius 1 is 0.957 bits per heavy atom. The maximum absolute atomic E-state index is 9.75. The van der Waals surface area contributed by atoms with E-state index in [1.165, 1.54) is 5.30 Å². The Balaban J connectivity index is 0.000000841. The molecule has 0 amide bonds. The van der Waals surface area contributed by atoms with E-state index in [2.05, 4.69) is 65.8 Å². The highest BCUT2D eigenvalue weighted by Gasteiger charge is 2.43. The number of benzene rings is 1. The van der Waals surface area contributed by atoms with Crippen molar-refractivity contribution in [2.45, 2.75) is 58.8 Å². The zero-order chi connectivity index (χ0) is 18.5. The first-order chi connectivity index (χ1) is 10.2. The Labute approximate surface area is 138 Å². The SMILES string of the molecule is CCOc1cccc([PH+](C(C)(C)C)C(C)(C)C)c1.F[B-](F)(F)F. The Morgan fingerprint density at radius 2 is 1.39 bits per heavy atom. The van der Waals surface area contributed by atoms with Gasteiger partial charge < -0.3 is 22.0 Å². The molecule has 7 heteroatoms. The van der Waals surface area contributed by atoms with Crippen molar-refractivity contribution >= 4 is 20.5 Å². The first-order valence-electron chi connectivity index (χ1n) is 7.64. The van der Waals surface area contributed by atoms with Crippen LogP contribution >= 0.6 is 7.92 Å². The van der Waals surface area contributed by atoms with E-state index in [9.17, 15) is 17.3 Å². The molecule has 0 saturated carbocycles. The predicted molar refractivity (Wildman–Crippen MR) is 95.3 cm³/mol. The lowest BCUT2D eigenvalue weighted by Gasteiger charge is -2.33. The first-order valence-corrected chi connectivity index (χ1v) is 9.14. The summed E-state index contributed by atoms with van der Waals surface area (Å²) in [6, 6.07) is 8.70. The van der Waals surface area contributed by atoms with Crippen molar-refractivity contribution < 1.29 is 22.0 Å². The topological polar surface area (TPSA) is 9.23 Å². The maximum atomic E-state index is 9.75. The van der Waals surface area contributed by atoms with Gasteiger partial charge in [-0.3, -0.25) is 0 Å². The molecule has 0 aliphatic carbocycles. The average molecular weight is 354 g/mol. The normalized spacial score (nSPS) is 12.7. The molecule has 1 rings (SSSR count). The van der Waals surface area contributed by atoms with Crippen LogP contribution in [0.2, 0.25) is 0 Å². The Morgan fingerprint density at radius 3 is 1.74 bits per heavy atom. The predicted octanol–water partition coefficient (Wildman–Crippen LogP) is 5.82. The summed E-state index contributed by atoms with van der Waals surface area (Å²) in [5.41, 5.74) is 0. The van der Waals surface area contributed by atoms with E-state index in [1.54, 1.807) is 0 Å². The molecule has 1 aromatic rings. The second-order valence-corrected chi connectivity index (χ2v) is 11.7. The third-order valence-corrected chi connectivity index (χ3v) is 6.82. The van der Waals surface area contributed by atoms with Crippen molar-refractivity contribution in [3.05, 3.63) is 24.3 Å². The fourth-order valence-corrected chi connectivity index (χ4v) is 7.43. The Kier molecular flexibility index (Phi) is 8.09. The molecular formula is C16H28BF4OP. The highest BCUT2D eigenvalue weighted by molar-refractivity contribution is 7.68. The van der Waals surface area contributed by atoms with Crippen LogP contribution in [0.25, 0.3) is 0 Å². The monoisotopic (exact) mass is 354 g/mol. The van der Waals surface area contributed by atoms with Gasteiger partial charge in [-0.05, 0) is 60.6 Å². The van der Waals surface area contributed by atoms with Crippen LogP contribution in [-0.4, -0.2) is 24.2 Å². The van der Waals surface area contributed by atoms with Gasteiger partial charge in [0.1, 0.15) is 5.75 Å². The van der Waals surface area contributed by atoms with E-state index in [-0.39, 0.29) is 0 Å². The minimum atomic E-state index is -6.00. The summed E-state index contributed by atoms with van der Waals surface area (Å²) in [4.78, 5) is 0. The van der Waals surface area contributed by atoms with Crippen LogP contribution in [0.1, 0.15) is 48.5 Å². The molecule has 0 atom stereocenters. The van der Waals surface area contributed by atoms with Crippen LogP contribution in [-0.2, 0) is 0 Å². The third kappa shape index (κ3) is 9.86. The second kappa shape index (κ2) is 8.37. The van der Waals surface area contributed by atoms with Crippen molar-refractivity contribution in [1.82, 2.24) is 0 Å². The van der Waals surface area contributed by atoms with Gasteiger partial charge in [0, 0.05) is 14.0 Å². The van der Waals surface area contributed by atoms with Crippen molar-refractivity contribution in [3.63, 3.8) is 0 Å². The van der Waals surface area contributed by atoms with Crippen LogP contribution < -0.4 is 10.0 Å². The lowest BCUT2D eigenvalue weighted by Crippen LogP contribution is -2.31. The Hall–Kier alpha value is -0.765. The van der Waals surface area contributed by atoms with Gasteiger partial charge >= 0.3 is 7.25 Å². The molecule has 0 unspecified atom stereocenters. The molecule has 1 nitrogen and oxygen atoms in total. The summed E-state index contributed by atoms with van der Waals surface area (Å²) in [7, 11) is -6.67. The quantitative estimate of drug-likeness (QED) is 0.377. The minimum Gasteiger partial charge on any atom is -0.494 e. The number of ether oxygens (including phenoxy) is 1. The van der Waals surface area contributed by atoms with E-state index in [0.29, 0.717) is 10.3 Å². The van der Waals surface area contributed by atoms with Gasteiger partial charge in [0.15, 0.2) is 0 Å². The van der Waals surface area contributed by atoms with Gasteiger partial charge in [-0.2, -0.15) is 0 Å². The van der Waals surface area contributed by atoms with Crippen molar-refractivity contribution in [2.75, 3.05) is 6.61 Å². The molecule has 0 aromatic heterocycles. The third-order valence-electron chi connectivity index (χ3n) is 2.93. The summed E-state index contributed by atoms with van der Waals surface area (Å²) in [5, 5.41) is 2.16. The summed E-state index contributed by atoms with van der Waals surface area (Å²) in [5.74, 6) is 1.01. The zero-order valence-corrected chi connectivity index (χ0v) is 16.0. The van der Waals surface area contributed by atoms with Crippen LogP contribution in [0.5, 0.6) is 5.75 Å². The van der Waals surface area contributed by atoms with Gasteiger partial charge in [0.05, 0.1) is 22.2 Å². The average Bonchev–Trinajstić information content (AvgIpc) is 2.23. The Bertz CT molecular complexity index is 458. The standard InChI is InChI=1S/C16H27OP.BF4/c1-8-17-13-10-9-11-14(12-13)18(15(2,3)4)16(5,6)7;2-1(3,4)5/h9-12H,8H2,1-7H3;/q;-1/p+1. The van der Waals surface area contributed by atoms with Gasteiger partial charge in [-0.25, -0.2) is 0 Å². The van der Waals surface area contributed by atoms with Crippen LogP contribution in [0, 0.1) is 0 Å². The number of hydrogen-bond acceptors (Lipinski definition) is 1. The van der Waals surface area contributed by atoms with Gasteiger partial charge in [0.2, 0.25) is 0 Å². The van der Waals surface area contributed by atoms with E-state index in [4.69, 9.17) is 4.74 Å². The summed E-state index contributed by atoms with van der Waals surface area (Å²) in [6.07, 6.45) is 0. The molecule has 0 aliphatic heterocycles. The van der Waals surface area contributed by atoms with E-state index in [0.717, 1.165) is 12.4 Å². The fourth-order valence-electron chi connectivity index (χ4n) is 2.90. The van der Waals surface area contributed by atoms with E-state index < -0.39 is 15.2 Å². The summed E-state index contributed by atoms with van der Waals surface area (Å²) in [6.45, 7) is 16.9. The molecule has 134 valence electrons. The molecule has 23 heavy (non-hydrogen) atoms. The lowest BCUT2D eigenvalue weighted by molar-refractivity contribution is 0.340. The molecule has 0 aliphatic rings. The van der Waals surface area contributed by atoms with Gasteiger partial charge in [-0.1, -0.05) is 6.07 Å². The number of halogens is 4. The molecular weight excluding hydrogens is 326 g/mol. The smallest absolute Gasteiger partial charge is 0.494 e. The summed E-state index contributed by atoms with van der Waals surface area (Å²) >= 11 is 0. The molecule has 1 aromatic carbocycles. The molecule has 0 bridgehead atoms. The van der Waals surface area contributed by atoms with E-state index >= 15 is 0 Å². The van der Waals surface area contributed by atoms with Crippen molar-refractivity contribution in [3.8, 4) is 5.75 Å². The van der Waals surface area contributed by atoms with Gasteiger partial charge in [-0.15, -0.1) is 0 Å². The van der Waals surface area contributed by atoms with Crippen molar-refractivity contribution in [1.29, 1.82) is 0 Å². The first kappa shape index (κ1) is 22.2. The molecule has 0 N–H and O–H groups in total. The number of rotatable bonds is 3. The van der Waals surface area contributed by atoms with Crippen LogP contribution in [0.4, 0.5) is 17.3 Å². The minimum absolute atomic E-state index is 0.341. The molecule has 0 fully saturated rings. The van der Waals surface area contributed by atoms with E-state index in [1.807, 2.05) is 6.92 Å². The highest BCUT2D eigenvalue weighted by Crippen LogP contribution is 2.58. The maximum Gasteiger partial charge on any atom is 0.673 e. The van der Waals surface area contributed by atoms with Crippen LogP contribution in [0.3, 0.4) is 0 Å². The van der Waals surface area contributed by atoms with Crippen LogP contribution in [0.15, 0.2) is 24.3 Å². The molecule has 0 heterocycles. The molecule has 0 radical (unpaired) electrons. The number of hydrogen-bond donors (Lipinski definition) is 0. The summed E-state index contributed by atoms with van der Waals surface area (Å²) < 4.78 is 44.6. The second-order valence-electron chi connectivity index (χ2n) is 7.33. The molecule has 0 saturated heterocycles.